The van der Waals surface area contributed by atoms with Gasteiger partial charge in [0.1, 0.15) is 0 Å². The van der Waals surface area contributed by atoms with Crippen molar-refractivity contribution in [2.75, 3.05) is 5.32 Å². The summed E-state index contributed by atoms with van der Waals surface area (Å²) in [6.45, 7) is 13.1. The number of rotatable bonds is 8. The number of ether oxygens (including phenoxy) is 1. The minimum absolute atomic E-state index is 0.138. The average molecular weight is 278 g/mol. The van der Waals surface area contributed by atoms with Crippen LogP contribution in [0.2, 0.25) is 0 Å². The minimum atomic E-state index is 0.138. The summed E-state index contributed by atoms with van der Waals surface area (Å²) in [5.74, 6) is 2.06. The second-order valence-corrected chi connectivity index (χ2v) is 6.62. The molecule has 0 aromatic carbocycles. The van der Waals surface area contributed by atoms with Crippen molar-refractivity contribution < 1.29 is 4.74 Å². The van der Waals surface area contributed by atoms with Crippen LogP contribution in [-0.4, -0.2) is 17.1 Å². The molecule has 0 aliphatic carbocycles. The molecule has 0 bridgehead atoms. The van der Waals surface area contributed by atoms with E-state index in [1.165, 1.54) is 0 Å². The molecule has 0 atom stereocenters. The lowest BCUT2D eigenvalue weighted by molar-refractivity contribution is 0.233. The van der Waals surface area contributed by atoms with Gasteiger partial charge in [-0.15, -0.1) is 0 Å². The van der Waals surface area contributed by atoms with E-state index in [-0.39, 0.29) is 6.10 Å². The lowest BCUT2D eigenvalue weighted by atomic mass is 9.95. The molecule has 3 nitrogen and oxygen atoms in total. The van der Waals surface area contributed by atoms with E-state index in [1.54, 1.807) is 6.20 Å². The zero-order chi connectivity index (χ0) is 15.1. The standard InChI is InChI=1S/C17H30N2O/c1-12(2)10-15(11-13(3)4)19-16-8-7-9-18-17(16)20-14(5)6/h7-9,12-15,19H,10-11H2,1-6H3. The Bertz CT molecular complexity index is 378. The van der Waals surface area contributed by atoms with E-state index in [1.807, 2.05) is 19.9 Å². The monoisotopic (exact) mass is 278 g/mol. The fourth-order valence-electron chi connectivity index (χ4n) is 2.39. The molecule has 0 radical (unpaired) electrons. The van der Waals surface area contributed by atoms with E-state index in [2.05, 4.69) is 44.1 Å². The molecule has 0 amide bonds. The number of aromatic nitrogens is 1. The maximum Gasteiger partial charge on any atom is 0.237 e. The smallest absolute Gasteiger partial charge is 0.237 e. The first-order valence-electron chi connectivity index (χ1n) is 7.76. The number of hydrogen-bond acceptors (Lipinski definition) is 3. The second kappa shape index (κ2) is 8.13. The van der Waals surface area contributed by atoms with Crippen molar-refractivity contribution in [1.82, 2.24) is 4.98 Å². The Labute approximate surface area is 124 Å². The molecule has 114 valence electrons. The molecule has 0 saturated heterocycles. The van der Waals surface area contributed by atoms with E-state index in [9.17, 15) is 0 Å². The van der Waals surface area contributed by atoms with Crippen LogP contribution in [0.5, 0.6) is 5.88 Å². The molecule has 1 rings (SSSR count). The minimum Gasteiger partial charge on any atom is -0.473 e. The Hall–Kier alpha value is -1.25. The summed E-state index contributed by atoms with van der Waals surface area (Å²) in [5.41, 5.74) is 1.01. The van der Waals surface area contributed by atoms with Crippen LogP contribution in [-0.2, 0) is 0 Å². The van der Waals surface area contributed by atoms with Gasteiger partial charge in [-0.05, 0) is 50.7 Å². The fraction of sp³-hybridized carbons (Fsp3) is 0.706. The topological polar surface area (TPSA) is 34.2 Å². The molecule has 0 aliphatic rings. The van der Waals surface area contributed by atoms with Gasteiger partial charge >= 0.3 is 0 Å². The van der Waals surface area contributed by atoms with Crippen LogP contribution in [0.4, 0.5) is 5.69 Å². The molecule has 1 aromatic rings. The molecule has 1 N–H and O–H groups in total. The number of hydrogen-bond donors (Lipinski definition) is 1. The van der Waals surface area contributed by atoms with Gasteiger partial charge in [-0.3, -0.25) is 0 Å². The van der Waals surface area contributed by atoms with Gasteiger partial charge in [0, 0.05) is 12.2 Å². The van der Waals surface area contributed by atoms with Crippen LogP contribution in [0.15, 0.2) is 18.3 Å². The third kappa shape index (κ3) is 6.27. The van der Waals surface area contributed by atoms with Crippen molar-refractivity contribution in [2.45, 2.75) is 66.5 Å². The molecule has 3 heteroatoms. The average Bonchev–Trinajstić information content (AvgIpc) is 2.29. The lowest BCUT2D eigenvalue weighted by Crippen LogP contribution is -2.24. The first-order valence-corrected chi connectivity index (χ1v) is 7.76. The number of nitrogens with one attached hydrogen (secondary N) is 1. The van der Waals surface area contributed by atoms with Crippen molar-refractivity contribution in [2.24, 2.45) is 11.8 Å². The maximum absolute atomic E-state index is 5.78. The highest BCUT2D eigenvalue weighted by Gasteiger charge is 2.15. The predicted molar refractivity (Wildman–Crippen MR) is 86.3 cm³/mol. The highest BCUT2D eigenvalue weighted by Crippen LogP contribution is 2.25. The summed E-state index contributed by atoms with van der Waals surface area (Å²) < 4.78 is 5.78. The first-order chi connectivity index (χ1) is 9.38. The van der Waals surface area contributed by atoms with Gasteiger partial charge in [0.2, 0.25) is 5.88 Å². The Morgan fingerprint density at radius 1 is 1.05 bits per heavy atom. The summed E-state index contributed by atoms with van der Waals surface area (Å²) in [5, 5.41) is 3.63. The van der Waals surface area contributed by atoms with Crippen LogP contribution in [0.1, 0.15) is 54.4 Å². The summed E-state index contributed by atoms with van der Waals surface area (Å²) in [6.07, 6.45) is 4.24. The quantitative estimate of drug-likeness (QED) is 0.745. The van der Waals surface area contributed by atoms with E-state index in [0.29, 0.717) is 23.8 Å². The highest BCUT2D eigenvalue weighted by atomic mass is 16.5. The van der Waals surface area contributed by atoms with Crippen LogP contribution >= 0.6 is 0 Å². The third-order valence-corrected chi connectivity index (χ3v) is 2.99. The molecular weight excluding hydrogens is 248 g/mol. The Balaban J connectivity index is 2.81. The van der Waals surface area contributed by atoms with Gasteiger partial charge in [-0.25, -0.2) is 4.98 Å². The zero-order valence-corrected chi connectivity index (χ0v) is 13.8. The van der Waals surface area contributed by atoms with Gasteiger partial charge in [-0.1, -0.05) is 27.7 Å². The zero-order valence-electron chi connectivity index (χ0n) is 13.8. The largest absolute Gasteiger partial charge is 0.473 e. The van der Waals surface area contributed by atoms with Crippen LogP contribution in [0.25, 0.3) is 0 Å². The van der Waals surface area contributed by atoms with Crippen molar-refractivity contribution >= 4 is 5.69 Å². The van der Waals surface area contributed by atoms with E-state index in [0.717, 1.165) is 18.5 Å². The van der Waals surface area contributed by atoms with Crippen molar-refractivity contribution in [3.8, 4) is 5.88 Å². The summed E-state index contributed by atoms with van der Waals surface area (Å²) in [6, 6.07) is 4.48. The van der Waals surface area contributed by atoms with Crippen LogP contribution < -0.4 is 10.1 Å². The van der Waals surface area contributed by atoms with E-state index < -0.39 is 0 Å². The molecule has 1 heterocycles. The number of anilines is 1. The summed E-state index contributed by atoms with van der Waals surface area (Å²) in [4.78, 5) is 4.35. The van der Waals surface area contributed by atoms with Crippen LogP contribution in [0.3, 0.4) is 0 Å². The van der Waals surface area contributed by atoms with Crippen molar-refractivity contribution in [3.63, 3.8) is 0 Å². The Morgan fingerprint density at radius 2 is 1.65 bits per heavy atom. The highest BCUT2D eigenvalue weighted by molar-refractivity contribution is 5.52. The molecule has 0 unspecified atom stereocenters. The SMILES string of the molecule is CC(C)CC(CC(C)C)Nc1cccnc1OC(C)C. The van der Waals surface area contributed by atoms with Gasteiger partial charge in [0.25, 0.3) is 0 Å². The molecule has 0 spiro atoms. The van der Waals surface area contributed by atoms with Crippen LogP contribution in [0, 0.1) is 11.8 Å². The van der Waals surface area contributed by atoms with Gasteiger partial charge in [0.15, 0.2) is 0 Å². The molecule has 0 saturated carbocycles. The van der Waals surface area contributed by atoms with Gasteiger partial charge < -0.3 is 10.1 Å². The maximum atomic E-state index is 5.78. The van der Waals surface area contributed by atoms with Gasteiger partial charge in [0.05, 0.1) is 11.8 Å². The molecule has 1 aromatic heterocycles. The van der Waals surface area contributed by atoms with Crippen molar-refractivity contribution in [1.29, 1.82) is 0 Å². The number of nitrogens with zero attached hydrogens (tertiary/aromatic N) is 1. The number of pyridine rings is 1. The molecule has 20 heavy (non-hydrogen) atoms. The molecule has 0 fully saturated rings. The Morgan fingerprint density at radius 3 is 2.15 bits per heavy atom. The van der Waals surface area contributed by atoms with E-state index in [4.69, 9.17) is 4.74 Å². The van der Waals surface area contributed by atoms with Gasteiger partial charge in [-0.2, -0.15) is 0 Å². The first kappa shape index (κ1) is 16.8. The molecular formula is C17H30N2O. The summed E-state index contributed by atoms with van der Waals surface area (Å²) in [7, 11) is 0. The predicted octanol–water partition coefficient (Wildman–Crippen LogP) is 4.74. The fourth-order valence-corrected chi connectivity index (χ4v) is 2.39. The van der Waals surface area contributed by atoms with E-state index >= 15 is 0 Å². The third-order valence-electron chi connectivity index (χ3n) is 2.99. The normalized spacial score (nSPS) is 11.7. The lowest BCUT2D eigenvalue weighted by Gasteiger charge is -2.24. The Kier molecular flexibility index (Phi) is 6.83. The van der Waals surface area contributed by atoms with Crippen molar-refractivity contribution in [3.05, 3.63) is 18.3 Å². The second-order valence-electron chi connectivity index (χ2n) is 6.62. The summed E-state index contributed by atoms with van der Waals surface area (Å²) >= 11 is 0. The molecule has 0 aliphatic heterocycles.